The molecule has 0 radical (unpaired) electrons. The highest BCUT2D eigenvalue weighted by Gasteiger charge is 2.52. The Morgan fingerprint density at radius 1 is 1.31 bits per heavy atom. The molecule has 2 unspecified atom stereocenters. The molecule has 3 aliphatic rings. The fourth-order valence-corrected chi connectivity index (χ4v) is 5.78. The molecule has 0 bridgehead atoms. The van der Waals surface area contributed by atoms with Crippen molar-refractivity contribution in [1.29, 1.82) is 0 Å². The van der Waals surface area contributed by atoms with Gasteiger partial charge < -0.3 is 4.98 Å². The molecule has 2 atom stereocenters. The summed E-state index contributed by atoms with van der Waals surface area (Å²) < 4.78 is 25.7. The third-order valence-electron chi connectivity index (χ3n) is 6.21. The first kappa shape index (κ1) is 17.7. The normalized spacial score (nSPS) is 33.5. The van der Waals surface area contributed by atoms with Gasteiger partial charge in [0.1, 0.15) is 23.7 Å². The smallest absolute Gasteiger partial charge is 0.213 e. The molecule has 1 saturated carbocycles. The number of hydrogen-bond acceptors (Lipinski definition) is 6. The van der Waals surface area contributed by atoms with Crippen LogP contribution in [0.3, 0.4) is 0 Å². The standard InChI is InChI=1S/C17H26N6O2S/c1-17(13-6-4-12(5-7-13)10-26(24,25)22(2)3)15-14-8-9-18-16(14)19-11-23(15)21-20-17/h8-9,11-13,15,18H,4-7,10H2,1-3H3. The minimum absolute atomic E-state index is 0.0632. The molecule has 9 heteroatoms. The van der Waals surface area contributed by atoms with Gasteiger partial charge in [-0.1, -0.05) is 5.22 Å². The molecule has 1 aromatic rings. The lowest BCUT2D eigenvalue weighted by atomic mass is 9.69. The fourth-order valence-electron chi connectivity index (χ4n) is 4.56. The molecule has 1 aromatic heterocycles. The SMILES string of the molecule is CN(C)S(=O)(=O)CC1CCC(C2(C)N=NN3C=Nc4[nH]ccc4C32)CC1. The number of nitrogens with zero attached hydrogens (tertiary/aromatic N) is 5. The first-order valence-corrected chi connectivity index (χ1v) is 10.7. The number of H-pyrrole nitrogens is 1. The summed E-state index contributed by atoms with van der Waals surface area (Å²) in [6.07, 6.45) is 7.45. The molecule has 142 valence electrons. The van der Waals surface area contributed by atoms with Crippen LogP contribution in [-0.2, 0) is 10.0 Å². The van der Waals surface area contributed by atoms with Crippen LogP contribution in [0.4, 0.5) is 5.82 Å². The molecule has 0 amide bonds. The third kappa shape index (κ3) is 2.77. The molecule has 8 nitrogen and oxygen atoms in total. The van der Waals surface area contributed by atoms with E-state index in [4.69, 9.17) is 0 Å². The topological polar surface area (TPSA) is 93.5 Å². The molecule has 1 N–H and O–H groups in total. The summed E-state index contributed by atoms with van der Waals surface area (Å²) in [5, 5.41) is 10.9. The average Bonchev–Trinajstić information content (AvgIpc) is 3.20. The van der Waals surface area contributed by atoms with Crippen LogP contribution in [0.25, 0.3) is 0 Å². The van der Waals surface area contributed by atoms with Crippen molar-refractivity contribution in [3.8, 4) is 0 Å². The second-order valence-corrected chi connectivity index (χ2v) is 10.2. The van der Waals surface area contributed by atoms with Gasteiger partial charge >= 0.3 is 0 Å². The lowest BCUT2D eigenvalue weighted by Crippen LogP contribution is -2.44. The molecular weight excluding hydrogens is 352 g/mol. The predicted octanol–water partition coefficient (Wildman–Crippen LogP) is 2.87. The largest absolute Gasteiger partial charge is 0.346 e. The van der Waals surface area contributed by atoms with Crippen LogP contribution in [0.1, 0.15) is 44.2 Å². The predicted molar refractivity (Wildman–Crippen MR) is 99.7 cm³/mol. The van der Waals surface area contributed by atoms with E-state index in [0.717, 1.165) is 37.1 Å². The van der Waals surface area contributed by atoms with Crippen molar-refractivity contribution in [2.75, 3.05) is 19.8 Å². The van der Waals surface area contributed by atoms with Crippen LogP contribution in [-0.4, -0.2) is 54.4 Å². The maximum absolute atomic E-state index is 12.2. The summed E-state index contributed by atoms with van der Waals surface area (Å²) >= 11 is 0. The maximum Gasteiger partial charge on any atom is 0.213 e. The zero-order valence-corrected chi connectivity index (χ0v) is 16.3. The second-order valence-electron chi connectivity index (χ2n) is 8.00. The minimum Gasteiger partial charge on any atom is -0.346 e. The molecule has 2 aliphatic heterocycles. The van der Waals surface area contributed by atoms with Crippen LogP contribution >= 0.6 is 0 Å². The molecular formula is C17H26N6O2S. The molecule has 3 heterocycles. The van der Waals surface area contributed by atoms with E-state index in [1.165, 1.54) is 4.31 Å². The number of aliphatic imine (C=N–C) groups is 1. The Balaban J connectivity index is 1.48. The average molecular weight is 379 g/mol. The number of aromatic amines is 1. The highest BCUT2D eigenvalue weighted by atomic mass is 32.2. The molecule has 0 saturated heterocycles. The number of sulfonamides is 1. The van der Waals surface area contributed by atoms with E-state index in [2.05, 4.69) is 33.3 Å². The minimum atomic E-state index is -3.14. The Labute approximate surface area is 154 Å². The van der Waals surface area contributed by atoms with Crippen molar-refractivity contribution < 1.29 is 8.42 Å². The van der Waals surface area contributed by atoms with Crippen LogP contribution in [0.15, 0.2) is 27.6 Å². The maximum atomic E-state index is 12.2. The zero-order chi connectivity index (χ0) is 18.5. The second kappa shape index (κ2) is 6.16. The Morgan fingerprint density at radius 3 is 2.73 bits per heavy atom. The van der Waals surface area contributed by atoms with E-state index in [1.807, 2.05) is 11.2 Å². The van der Waals surface area contributed by atoms with Gasteiger partial charge in [0.05, 0.1) is 5.75 Å². The van der Waals surface area contributed by atoms with Crippen LogP contribution < -0.4 is 0 Å². The highest BCUT2D eigenvalue weighted by Crippen LogP contribution is 2.52. The van der Waals surface area contributed by atoms with Crippen molar-refractivity contribution in [2.45, 2.75) is 44.2 Å². The van der Waals surface area contributed by atoms with Crippen LogP contribution in [0.5, 0.6) is 0 Å². The number of hydrogen-bond donors (Lipinski definition) is 1. The zero-order valence-electron chi connectivity index (χ0n) is 15.5. The van der Waals surface area contributed by atoms with Crippen LogP contribution in [0, 0.1) is 11.8 Å². The van der Waals surface area contributed by atoms with Crippen molar-refractivity contribution in [2.24, 2.45) is 27.2 Å². The number of aromatic nitrogens is 1. The van der Waals surface area contributed by atoms with Gasteiger partial charge in [-0.2, -0.15) is 5.11 Å². The van der Waals surface area contributed by atoms with Gasteiger partial charge in [0, 0.05) is 25.9 Å². The molecule has 1 fully saturated rings. The van der Waals surface area contributed by atoms with E-state index in [-0.39, 0.29) is 23.3 Å². The third-order valence-corrected chi connectivity index (χ3v) is 8.22. The highest BCUT2D eigenvalue weighted by molar-refractivity contribution is 7.89. The monoisotopic (exact) mass is 378 g/mol. The summed E-state index contributed by atoms with van der Waals surface area (Å²) in [5.41, 5.74) is 0.826. The van der Waals surface area contributed by atoms with Gasteiger partial charge in [-0.3, -0.25) is 0 Å². The molecule has 0 aromatic carbocycles. The molecule has 26 heavy (non-hydrogen) atoms. The summed E-state index contributed by atoms with van der Waals surface area (Å²) in [7, 11) is 0.0721. The first-order chi connectivity index (χ1) is 12.3. The quantitative estimate of drug-likeness (QED) is 0.873. The Hall–Kier alpha value is -1.74. The molecule has 4 rings (SSSR count). The summed E-state index contributed by atoms with van der Waals surface area (Å²) in [6.45, 7) is 2.18. The van der Waals surface area contributed by atoms with Gasteiger partial charge in [0.25, 0.3) is 0 Å². The lowest BCUT2D eigenvalue weighted by Gasteiger charge is -2.41. The van der Waals surface area contributed by atoms with Gasteiger partial charge in [-0.25, -0.2) is 22.7 Å². The Kier molecular flexibility index (Phi) is 4.18. The van der Waals surface area contributed by atoms with E-state index >= 15 is 0 Å². The first-order valence-electron chi connectivity index (χ1n) is 9.14. The lowest BCUT2D eigenvalue weighted by molar-refractivity contribution is 0.148. The van der Waals surface area contributed by atoms with E-state index < -0.39 is 10.0 Å². The van der Waals surface area contributed by atoms with Crippen molar-refractivity contribution in [3.05, 3.63) is 17.8 Å². The number of nitrogens with one attached hydrogen (secondary N) is 1. The summed E-state index contributed by atoms with van der Waals surface area (Å²) in [4.78, 5) is 7.57. The van der Waals surface area contributed by atoms with Gasteiger partial charge in [-0.15, -0.1) is 0 Å². The summed E-state index contributed by atoms with van der Waals surface area (Å²) in [6, 6.07) is 2.13. The summed E-state index contributed by atoms with van der Waals surface area (Å²) in [5.74, 6) is 1.74. The van der Waals surface area contributed by atoms with Gasteiger partial charge in [0.2, 0.25) is 10.0 Å². The van der Waals surface area contributed by atoms with Crippen molar-refractivity contribution >= 4 is 22.2 Å². The Morgan fingerprint density at radius 2 is 2.04 bits per heavy atom. The Bertz CT molecular complexity index is 837. The number of fused-ring (bicyclic) bond motifs is 3. The fraction of sp³-hybridized carbons (Fsp3) is 0.706. The van der Waals surface area contributed by atoms with E-state index in [9.17, 15) is 8.42 Å². The van der Waals surface area contributed by atoms with Gasteiger partial charge in [-0.05, 0) is 50.5 Å². The van der Waals surface area contributed by atoms with Crippen molar-refractivity contribution in [1.82, 2.24) is 14.3 Å². The molecule has 0 spiro atoms. The van der Waals surface area contributed by atoms with Crippen LogP contribution in [0.2, 0.25) is 0 Å². The van der Waals surface area contributed by atoms with Crippen molar-refractivity contribution in [3.63, 3.8) is 0 Å². The number of rotatable bonds is 4. The van der Waals surface area contributed by atoms with Gasteiger partial charge in [0.15, 0.2) is 0 Å². The van der Waals surface area contributed by atoms with E-state index in [1.54, 1.807) is 20.4 Å². The molecule has 1 aliphatic carbocycles. The van der Waals surface area contributed by atoms with E-state index in [0.29, 0.717) is 5.92 Å².